The summed E-state index contributed by atoms with van der Waals surface area (Å²) in [7, 11) is 0. The number of phenolic OH excluding ortho intramolecular Hbond substituents is 1. The minimum absolute atomic E-state index is 0.400. The molecule has 1 heterocycles. The maximum absolute atomic E-state index is 9.55. The maximum atomic E-state index is 9.55. The van der Waals surface area contributed by atoms with Crippen molar-refractivity contribution < 1.29 is 5.11 Å². The third-order valence-electron chi connectivity index (χ3n) is 4.01. The summed E-state index contributed by atoms with van der Waals surface area (Å²) in [5.74, 6) is 1.28. The van der Waals surface area contributed by atoms with E-state index in [2.05, 4.69) is 11.0 Å². The van der Waals surface area contributed by atoms with Crippen LogP contribution in [0.25, 0.3) is 0 Å². The van der Waals surface area contributed by atoms with Crippen molar-refractivity contribution in [2.75, 3.05) is 18.0 Å². The van der Waals surface area contributed by atoms with E-state index in [0.29, 0.717) is 5.75 Å². The van der Waals surface area contributed by atoms with E-state index in [1.807, 2.05) is 6.07 Å². The van der Waals surface area contributed by atoms with Gasteiger partial charge in [-0.25, -0.2) is 0 Å². The molecule has 0 spiro atoms. The molecule has 1 aliphatic carbocycles. The van der Waals surface area contributed by atoms with Crippen molar-refractivity contribution in [2.45, 2.75) is 32.1 Å². The predicted octanol–water partition coefficient (Wildman–Crippen LogP) is 2.94. The number of rotatable bonds is 2. The number of hydrogen-bond acceptors (Lipinski definition) is 2. The zero-order chi connectivity index (χ0) is 11.0. The van der Waals surface area contributed by atoms with Gasteiger partial charge in [-0.2, -0.15) is 0 Å². The SMILES string of the molecule is Oc1ccc2c(c1)N(CC1CCCC1)CC2. The molecule has 3 rings (SSSR count). The summed E-state index contributed by atoms with van der Waals surface area (Å²) in [6.45, 7) is 2.33. The molecule has 2 aliphatic rings. The lowest BCUT2D eigenvalue weighted by Crippen LogP contribution is -2.26. The second-order valence-electron chi connectivity index (χ2n) is 5.16. The number of fused-ring (bicyclic) bond motifs is 1. The van der Waals surface area contributed by atoms with E-state index in [-0.39, 0.29) is 0 Å². The van der Waals surface area contributed by atoms with E-state index in [1.165, 1.54) is 43.5 Å². The van der Waals surface area contributed by atoms with E-state index in [0.717, 1.165) is 18.9 Å². The van der Waals surface area contributed by atoms with Crippen molar-refractivity contribution in [3.05, 3.63) is 23.8 Å². The average Bonchev–Trinajstić information content (AvgIpc) is 2.90. The third-order valence-corrected chi connectivity index (χ3v) is 4.01. The van der Waals surface area contributed by atoms with E-state index in [4.69, 9.17) is 0 Å². The summed E-state index contributed by atoms with van der Waals surface area (Å²) < 4.78 is 0. The van der Waals surface area contributed by atoms with Crippen LogP contribution in [0.2, 0.25) is 0 Å². The first-order valence-corrected chi connectivity index (χ1v) is 6.40. The number of phenols is 1. The van der Waals surface area contributed by atoms with Gasteiger partial charge in [0.15, 0.2) is 0 Å². The van der Waals surface area contributed by atoms with Gasteiger partial charge in [-0.1, -0.05) is 18.9 Å². The highest BCUT2D eigenvalue weighted by Gasteiger charge is 2.24. The summed E-state index contributed by atoms with van der Waals surface area (Å²) >= 11 is 0. The van der Waals surface area contributed by atoms with Gasteiger partial charge in [0, 0.05) is 24.8 Å². The first-order chi connectivity index (χ1) is 7.83. The van der Waals surface area contributed by atoms with Crippen LogP contribution in [0, 0.1) is 5.92 Å². The van der Waals surface area contributed by atoms with Crippen LogP contribution in [-0.4, -0.2) is 18.2 Å². The lowest BCUT2D eigenvalue weighted by molar-refractivity contribution is 0.475. The summed E-state index contributed by atoms with van der Waals surface area (Å²) in [5, 5.41) is 9.55. The van der Waals surface area contributed by atoms with Crippen LogP contribution in [0.4, 0.5) is 5.69 Å². The second-order valence-corrected chi connectivity index (χ2v) is 5.16. The highest BCUT2D eigenvalue weighted by Crippen LogP contribution is 2.34. The fourth-order valence-electron chi connectivity index (χ4n) is 3.13. The van der Waals surface area contributed by atoms with Crippen LogP contribution < -0.4 is 4.90 Å². The van der Waals surface area contributed by atoms with Crippen LogP contribution in [-0.2, 0) is 6.42 Å². The van der Waals surface area contributed by atoms with Crippen LogP contribution in [0.1, 0.15) is 31.2 Å². The molecule has 0 bridgehead atoms. The maximum Gasteiger partial charge on any atom is 0.117 e. The molecule has 1 aliphatic heterocycles. The molecule has 0 amide bonds. The van der Waals surface area contributed by atoms with E-state index in [1.54, 1.807) is 6.07 Å². The molecule has 0 radical (unpaired) electrons. The molecule has 0 unspecified atom stereocenters. The van der Waals surface area contributed by atoms with E-state index < -0.39 is 0 Å². The summed E-state index contributed by atoms with van der Waals surface area (Å²) in [6.07, 6.45) is 6.74. The van der Waals surface area contributed by atoms with Crippen LogP contribution in [0.15, 0.2) is 18.2 Å². The van der Waals surface area contributed by atoms with E-state index in [9.17, 15) is 5.11 Å². The fraction of sp³-hybridized carbons (Fsp3) is 0.571. The Labute approximate surface area is 96.9 Å². The number of aromatic hydroxyl groups is 1. The molecular weight excluding hydrogens is 198 g/mol. The number of hydrogen-bond donors (Lipinski definition) is 1. The zero-order valence-corrected chi connectivity index (χ0v) is 9.65. The lowest BCUT2D eigenvalue weighted by atomic mass is 10.1. The summed E-state index contributed by atoms with van der Waals surface area (Å²) in [4.78, 5) is 2.46. The minimum atomic E-state index is 0.400. The monoisotopic (exact) mass is 217 g/mol. The highest BCUT2D eigenvalue weighted by atomic mass is 16.3. The van der Waals surface area contributed by atoms with Crippen molar-refractivity contribution in [3.63, 3.8) is 0 Å². The largest absolute Gasteiger partial charge is 0.508 e. The normalized spacial score (nSPS) is 20.4. The van der Waals surface area contributed by atoms with Crippen LogP contribution >= 0.6 is 0 Å². The topological polar surface area (TPSA) is 23.5 Å². The van der Waals surface area contributed by atoms with Gasteiger partial charge in [0.1, 0.15) is 5.75 Å². The van der Waals surface area contributed by atoms with Gasteiger partial charge in [0.25, 0.3) is 0 Å². The first kappa shape index (κ1) is 10.0. The molecule has 0 atom stereocenters. The van der Waals surface area contributed by atoms with Gasteiger partial charge in [0.05, 0.1) is 0 Å². The molecule has 1 aromatic carbocycles. The Bertz CT molecular complexity index is 382. The number of anilines is 1. The first-order valence-electron chi connectivity index (χ1n) is 6.40. The second kappa shape index (κ2) is 4.00. The molecule has 2 heteroatoms. The molecule has 1 saturated carbocycles. The van der Waals surface area contributed by atoms with Crippen molar-refractivity contribution in [1.82, 2.24) is 0 Å². The van der Waals surface area contributed by atoms with Gasteiger partial charge < -0.3 is 10.0 Å². The zero-order valence-electron chi connectivity index (χ0n) is 9.65. The van der Waals surface area contributed by atoms with Gasteiger partial charge in [-0.15, -0.1) is 0 Å². The smallest absolute Gasteiger partial charge is 0.117 e. The Hall–Kier alpha value is -1.18. The number of nitrogens with zero attached hydrogens (tertiary/aromatic N) is 1. The fourth-order valence-corrected chi connectivity index (χ4v) is 3.13. The van der Waals surface area contributed by atoms with Gasteiger partial charge in [-0.3, -0.25) is 0 Å². The predicted molar refractivity (Wildman–Crippen MR) is 66.0 cm³/mol. The molecule has 2 nitrogen and oxygen atoms in total. The summed E-state index contributed by atoms with van der Waals surface area (Å²) in [5.41, 5.74) is 2.67. The molecule has 16 heavy (non-hydrogen) atoms. The Morgan fingerprint density at radius 3 is 2.88 bits per heavy atom. The Morgan fingerprint density at radius 2 is 2.06 bits per heavy atom. The quantitative estimate of drug-likeness (QED) is 0.823. The molecule has 1 N–H and O–H groups in total. The van der Waals surface area contributed by atoms with Gasteiger partial charge in [-0.05, 0) is 36.8 Å². The van der Waals surface area contributed by atoms with Crippen molar-refractivity contribution >= 4 is 5.69 Å². The third kappa shape index (κ3) is 1.77. The van der Waals surface area contributed by atoms with Gasteiger partial charge in [0.2, 0.25) is 0 Å². The van der Waals surface area contributed by atoms with Gasteiger partial charge >= 0.3 is 0 Å². The lowest BCUT2D eigenvalue weighted by Gasteiger charge is -2.23. The Kier molecular flexibility index (Phi) is 2.50. The Morgan fingerprint density at radius 1 is 1.25 bits per heavy atom. The summed E-state index contributed by atoms with van der Waals surface area (Å²) in [6, 6.07) is 5.80. The molecule has 0 aromatic heterocycles. The number of benzene rings is 1. The Balaban J connectivity index is 1.77. The average molecular weight is 217 g/mol. The van der Waals surface area contributed by atoms with Crippen LogP contribution in [0.3, 0.4) is 0 Å². The van der Waals surface area contributed by atoms with Crippen molar-refractivity contribution in [2.24, 2.45) is 5.92 Å². The molecule has 1 fully saturated rings. The molecule has 1 aromatic rings. The van der Waals surface area contributed by atoms with Crippen molar-refractivity contribution in [1.29, 1.82) is 0 Å². The standard InChI is InChI=1S/C14H19NO/c16-13-6-5-12-7-8-15(14(12)9-13)10-11-3-1-2-4-11/h5-6,9,11,16H,1-4,7-8,10H2. The van der Waals surface area contributed by atoms with Crippen molar-refractivity contribution in [3.8, 4) is 5.75 Å². The van der Waals surface area contributed by atoms with Crippen LogP contribution in [0.5, 0.6) is 5.75 Å². The molecule has 0 saturated heterocycles. The minimum Gasteiger partial charge on any atom is -0.508 e. The highest BCUT2D eigenvalue weighted by molar-refractivity contribution is 5.60. The molecular formula is C14H19NO. The molecule has 86 valence electrons. The van der Waals surface area contributed by atoms with E-state index >= 15 is 0 Å².